The van der Waals surface area contributed by atoms with E-state index in [0.29, 0.717) is 34.1 Å². The van der Waals surface area contributed by atoms with Crippen LogP contribution in [0.4, 0.5) is 0 Å². The van der Waals surface area contributed by atoms with E-state index >= 15 is 0 Å². The molecule has 2 aliphatic heterocycles. The van der Waals surface area contributed by atoms with Gasteiger partial charge in [0.1, 0.15) is 12.9 Å². The van der Waals surface area contributed by atoms with Crippen molar-refractivity contribution in [2.45, 2.75) is 18.1 Å². The average Bonchev–Trinajstić information content (AvgIpc) is 3.36. The zero-order valence-electron chi connectivity index (χ0n) is 18.2. The van der Waals surface area contributed by atoms with Gasteiger partial charge >= 0.3 is 5.97 Å². The first kappa shape index (κ1) is 22.2. The van der Waals surface area contributed by atoms with Crippen molar-refractivity contribution in [1.82, 2.24) is 0 Å². The second kappa shape index (κ2) is 9.23. The Morgan fingerprint density at radius 2 is 1.81 bits per heavy atom. The minimum Gasteiger partial charge on any atom is -0.493 e. The quantitative estimate of drug-likeness (QED) is 0.353. The zero-order valence-corrected chi connectivity index (χ0v) is 18.2. The number of esters is 1. The lowest BCUT2D eigenvalue weighted by molar-refractivity contribution is -0.156. The number of hydrogen-bond acceptors (Lipinski definition) is 9. The van der Waals surface area contributed by atoms with E-state index in [4.69, 9.17) is 33.2 Å². The molecule has 1 saturated heterocycles. The molecular formula is C23H26O9. The van der Waals surface area contributed by atoms with Crippen molar-refractivity contribution < 1.29 is 43.1 Å². The van der Waals surface area contributed by atoms with Crippen LogP contribution >= 0.6 is 0 Å². The third kappa shape index (κ3) is 4.06. The summed E-state index contributed by atoms with van der Waals surface area (Å²) in [4.78, 5) is 13.0. The summed E-state index contributed by atoms with van der Waals surface area (Å²) in [6.07, 6.45) is -0.729. The molecule has 9 nitrogen and oxygen atoms in total. The van der Waals surface area contributed by atoms with E-state index in [0.717, 1.165) is 0 Å². The first-order chi connectivity index (χ1) is 15.5. The van der Waals surface area contributed by atoms with Gasteiger partial charge in [-0.05, 0) is 35.4 Å². The molecule has 0 aromatic heterocycles. The third-order valence-corrected chi connectivity index (χ3v) is 5.71. The molecule has 0 amide bonds. The highest BCUT2D eigenvalue weighted by molar-refractivity contribution is 5.83. The molecule has 9 heteroatoms. The highest BCUT2D eigenvalue weighted by atomic mass is 16.7. The van der Waals surface area contributed by atoms with Crippen LogP contribution in [0.3, 0.4) is 0 Å². The molecule has 2 aromatic rings. The van der Waals surface area contributed by atoms with Crippen LogP contribution in [0.5, 0.6) is 23.0 Å². The van der Waals surface area contributed by atoms with Crippen LogP contribution in [0.15, 0.2) is 36.4 Å². The van der Waals surface area contributed by atoms with E-state index in [9.17, 15) is 9.90 Å². The largest absolute Gasteiger partial charge is 0.493 e. The molecule has 0 radical (unpaired) electrons. The van der Waals surface area contributed by atoms with Crippen molar-refractivity contribution in [3.05, 3.63) is 47.5 Å². The van der Waals surface area contributed by atoms with Gasteiger partial charge in [-0.15, -0.1) is 0 Å². The summed E-state index contributed by atoms with van der Waals surface area (Å²) in [5, 5.41) is 11.6. The summed E-state index contributed by atoms with van der Waals surface area (Å²) in [5.41, 5.74) is -0.462. The van der Waals surface area contributed by atoms with Crippen molar-refractivity contribution in [3.8, 4) is 23.0 Å². The van der Waals surface area contributed by atoms with E-state index in [1.54, 1.807) is 43.5 Å². The summed E-state index contributed by atoms with van der Waals surface area (Å²) in [6, 6.07) is 10.5. The van der Waals surface area contributed by atoms with Gasteiger partial charge in [-0.25, -0.2) is 4.79 Å². The Morgan fingerprint density at radius 1 is 1.03 bits per heavy atom. The number of carbonyl (C=O) groups is 1. The van der Waals surface area contributed by atoms with E-state index in [1.165, 1.54) is 14.2 Å². The van der Waals surface area contributed by atoms with Crippen molar-refractivity contribution in [2.24, 2.45) is 5.92 Å². The highest BCUT2D eigenvalue weighted by Crippen LogP contribution is 2.46. The first-order valence-corrected chi connectivity index (χ1v) is 10.1. The Hall–Kier alpha value is -3.01. The smallest absolute Gasteiger partial charge is 0.339 e. The van der Waals surface area contributed by atoms with Gasteiger partial charge in [0.15, 0.2) is 28.6 Å². The van der Waals surface area contributed by atoms with Crippen LogP contribution in [0.25, 0.3) is 0 Å². The van der Waals surface area contributed by atoms with Crippen molar-refractivity contribution >= 4 is 5.97 Å². The molecule has 0 unspecified atom stereocenters. The minimum atomic E-state index is -1.83. The maximum Gasteiger partial charge on any atom is 0.339 e. The molecule has 4 rings (SSSR count). The van der Waals surface area contributed by atoms with Gasteiger partial charge in [0.05, 0.1) is 26.7 Å². The lowest BCUT2D eigenvalue weighted by Crippen LogP contribution is -2.45. The number of aliphatic hydroxyl groups is 1. The summed E-state index contributed by atoms with van der Waals surface area (Å²) in [6.45, 7) is 0.195. The van der Waals surface area contributed by atoms with Crippen LogP contribution in [0.2, 0.25) is 0 Å². The minimum absolute atomic E-state index is 0.00818. The van der Waals surface area contributed by atoms with Gasteiger partial charge in [-0.1, -0.05) is 12.1 Å². The number of carbonyl (C=O) groups excluding carboxylic acids is 1. The van der Waals surface area contributed by atoms with Crippen molar-refractivity contribution in [3.63, 3.8) is 0 Å². The summed E-state index contributed by atoms with van der Waals surface area (Å²) in [7, 11) is 4.57. The molecule has 0 spiro atoms. The fourth-order valence-corrected chi connectivity index (χ4v) is 4.08. The second-order valence-electron chi connectivity index (χ2n) is 7.61. The fourth-order valence-electron chi connectivity index (χ4n) is 4.08. The van der Waals surface area contributed by atoms with E-state index in [2.05, 4.69) is 0 Å². The predicted octanol–water partition coefficient (Wildman–Crippen LogP) is 2.24. The molecule has 0 bridgehead atoms. The number of rotatable bonds is 9. The molecule has 2 aliphatic rings. The summed E-state index contributed by atoms with van der Waals surface area (Å²) in [5.74, 6) is 0.811. The third-order valence-electron chi connectivity index (χ3n) is 5.71. The monoisotopic (exact) mass is 446 g/mol. The van der Waals surface area contributed by atoms with Gasteiger partial charge < -0.3 is 38.3 Å². The molecule has 2 aromatic carbocycles. The Morgan fingerprint density at radius 3 is 2.56 bits per heavy atom. The molecule has 2 heterocycles. The van der Waals surface area contributed by atoms with Crippen molar-refractivity contribution in [1.29, 1.82) is 0 Å². The Labute approximate surface area is 185 Å². The SMILES string of the molecule is COCOC[C@H]1[C@H](c2ccc3c(c2)OCO3)OC(=O)[C@]1(O)Cc1ccc(OC)c(OC)c1. The molecule has 0 aliphatic carbocycles. The van der Waals surface area contributed by atoms with Gasteiger partial charge in [-0.3, -0.25) is 0 Å². The molecule has 1 N–H and O–H groups in total. The topological polar surface area (TPSA) is 102 Å². The number of cyclic esters (lactones) is 1. The maximum absolute atomic E-state index is 13.0. The zero-order chi connectivity index (χ0) is 22.7. The lowest BCUT2D eigenvalue weighted by Gasteiger charge is -2.28. The van der Waals surface area contributed by atoms with E-state index in [1.807, 2.05) is 0 Å². The fraction of sp³-hybridized carbons (Fsp3) is 0.435. The number of methoxy groups -OCH3 is 3. The summed E-state index contributed by atoms with van der Waals surface area (Å²) >= 11 is 0. The van der Waals surface area contributed by atoms with Crippen molar-refractivity contribution in [2.75, 3.05) is 41.5 Å². The highest BCUT2D eigenvalue weighted by Gasteiger charge is 2.57. The number of ether oxygens (including phenoxy) is 7. The maximum atomic E-state index is 13.0. The molecule has 32 heavy (non-hydrogen) atoms. The molecule has 172 valence electrons. The summed E-state index contributed by atoms with van der Waals surface area (Å²) < 4.78 is 37.6. The molecule has 0 saturated carbocycles. The van der Waals surface area contributed by atoms with E-state index < -0.39 is 23.6 Å². The van der Waals surface area contributed by atoms with Gasteiger partial charge in [0.2, 0.25) is 6.79 Å². The number of hydrogen-bond donors (Lipinski definition) is 1. The standard InChI is InChI=1S/C23H26O9/c1-26-12-29-11-16-21(15-5-7-18-20(9-15)31-13-30-18)32-22(24)23(16,25)10-14-4-6-17(27-2)19(8-14)28-3/h4-9,16,21,25H,10-13H2,1-3H3/t16-,21-,23-/m0/s1. The van der Waals surface area contributed by atoms with Crippen LogP contribution in [-0.4, -0.2) is 58.2 Å². The van der Waals surface area contributed by atoms with Gasteiger partial charge in [0.25, 0.3) is 0 Å². The molecule has 3 atom stereocenters. The normalized spacial score (nSPS) is 23.8. The predicted molar refractivity (Wildman–Crippen MR) is 111 cm³/mol. The first-order valence-electron chi connectivity index (χ1n) is 10.1. The Bertz CT molecular complexity index is 976. The van der Waals surface area contributed by atoms with Crippen LogP contribution in [0.1, 0.15) is 17.2 Å². The van der Waals surface area contributed by atoms with E-state index in [-0.39, 0.29) is 26.6 Å². The van der Waals surface area contributed by atoms with Gasteiger partial charge in [-0.2, -0.15) is 0 Å². The number of fused-ring (bicyclic) bond motifs is 1. The van der Waals surface area contributed by atoms with Crippen LogP contribution < -0.4 is 18.9 Å². The number of benzene rings is 2. The lowest BCUT2D eigenvalue weighted by atomic mass is 9.80. The Kier molecular flexibility index (Phi) is 6.40. The Balaban J connectivity index is 1.65. The molecular weight excluding hydrogens is 420 g/mol. The second-order valence-corrected chi connectivity index (χ2v) is 7.61. The molecule has 1 fully saturated rings. The van der Waals surface area contributed by atoms with Crippen LogP contribution in [0, 0.1) is 5.92 Å². The average molecular weight is 446 g/mol. The van der Waals surface area contributed by atoms with Crippen LogP contribution in [-0.2, 0) is 25.4 Å². The van der Waals surface area contributed by atoms with Gasteiger partial charge in [0, 0.05) is 13.5 Å².